The molecule has 0 aliphatic carbocycles. The Morgan fingerprint density at radius 3 is 2.09 bits per heavy atom. The second kappa shape index (κ2) is 15.8. The molecule has 0 heterocycles. The summed E-state index contributed by atoms with van der Waals surface area (Å²) in [5.41, 5.74) is 2.32. The van der Waals surface area contributed by atoms with Crippen molar-refractivity contribution < 1.29 is 18.0 Å². The average Bonchev–Trinajstić information content (AvgIpc) is 3.03. The van der Waals surface area contributed by atoms with Gasteiger partial charge < -0.3 is 10.2 Å². The van der Waals surface area contributed by atoms with E-state index in [4.69, 9.17) is 34.8 Å². The Morgan fingerprint density at radius 1 is 0.848 bits per heavy atom. The van der Waals surface area contributed by atoms with Crippen LogP contribution >= 0.6 is 34.8 Å². The van der Waals surface area contributed by atoms with Gasteiger partial charge in [-0.15, -0.1) is 0 Å². The van der Waals surface area contributed by atoms with Crippen molar-refractivity contribution in [3.8, 4) is 0 Å². The normalized spacial score (nSPS) is 12.7. The fourth-order valence-corrected chi connectivity index (χ4v) is 6.95. The number of hydrogen-bond acceptors (Lipinski definition) is 4. The van der Waals surface area contributed by atoms with Gasteiger partial charge in [0.1, 0.15) is 12.6 Å². The van der Waals surface area contributed by atoms with Crippen molar-refractivity contribution >= 4 is 62.3 Å². The lowest BCUT2D eigenvalue weighted by molar-refractivity contribution is -0.140. The number of carbonyl (C=O) groups excluding carboxylic acids is 2. The predicted molar refractivity (Wildman–Crippen MR) is 186 cm³/mol. The van der Waals surface area contributed by atoms with Crippen LogP contribution in [0.15, 0.2) is 102 Å². The Bertz CT molecular complexity index is 1750. The van der Waals surface area contributed by atoms with E-state index in [1.165, 1.54) is 23.1 Å². The minimum atomic E-state index is -4.26. The third-order valence-corrected chi connectivity index (χ3v) is 10.4. The van der Waals surface area contributed by atoms with Gasteiger partial charge in [0.05, 0.1) is 10.6 Å². The van der Waals surface area contributed by atoms with Crippen LogP contribution in [0.25, 0.3) is 0 Å². The molecule has 0 bridgehead atoms. The van der Waals surface area contributed by atoms with Crippen molar-refractivity contribution in [1.82, 2.24) is 10.2 Å². The second-order valence-corrected chi connectivity index (χ2v) is 14.2. The summed E-state index contributed by atoms with van der Waals surface area (Å²) >= 11 is 19.4. The minimum absolute atomic E-state index is 0.00178. The maximum absolute atomic E-state index is 14.6. The van der Waals surface area contributed by atoms with Crippen LogP contribution in [0.4, 0.5) is 5.69 Å². The van der Waals surface area contributed by atoms with Gasteiger partial charge in [-0.1, -0.05) is 102 Å². The second-order valence-electron chi connectivity index (χ2n) is 11.0. The van der Waals surface area contributed by atoms with E-state index in [2.05, 4.69) is 5.32 Å². The topological polar surface area (TPSA) is 86.8 Å². The number of nitrogens with zero attached hydrogens (tertiary/aromatic N) is 2. The number of nitrogens with one attached hydrogen (secondary N) is 1. The standard InChI is InChI=1S/C35H36Cl3N3O4S/c1-4-25(3)39-35(43)33(20-26-10-6-5-7-11-26)40(22-30-31(37)14-9-15-32(30)38)34(42)23-41(28-13-8-12-27(36)21-28)46(44,45)29-18-16-24(2)17-19-29/h5-19,21,25,33H,4,20,22-23H2,1-3H3,(H,39,43). The van der Waals surface area contributed by atoms with E-state index >= 15 is 0 Å². The van der Waals surface area contributed by atoms with E-state index in [1.54, 1.807) is 48.5 Å². The average molecular weight is 701 g/mol. The first-order valence-electron chi connectivity index (χ1n) is 14.8. The van der Waals surface area contributed by atoms with E-state index in [1.807, 2.05) is 51.1 Å². The van der Waals surface area contributed by atoms with Crippen molar-refractivity contribution in [2.24, 2.45) is 0 Å². The molecule has 0 saturated heterocycles. The Labute approximate surface area is 286 Å². The fraction of sp³-hybridized carbons (Fsp3) is 0.257. The summed E-state index contributed by atoms with van der Waals surface area (Å²) in [4.78, 5) is 29.9. The molecule has 242 valence electrons. The number of halogens is 3. The first-order chi connectivity index (χ1) is 21.9. The first kappa shape index (κ1) is 35.3. The zero-order valence-electron chi connectivity index (χ0n) is 25.8. The maximum atomic E-state index is 14.6. The number of amides is 2. The lowest BCUT2D eigenvalue weighted by Crippen LogP contribution is -2.54. The molecule has 7 nitrogen and oxygen atoms in total. The van der Waals surface area contributed by atoms with Gasteiger partial charge in [-0.25, -0.2) is 8.42 Å². The van der Waals surface area contributed by atoms with E-state index < -0.39 is 28.5 Å². The summed E-state index contributed by atoms with van der Waals surface area (Å²) in [6.45, 7) is 4.91. The predicted octanol–water partition coefficient (Wildman–Crippen LogP) is 7.71. The van der Waals surface area contributed by atoms with Crippen molar-refractivity contribution in [2.75, 3.05) is 10.8 Å². The zero-order valence-corrected chi connectivity index (χ0v) is 28.9. The summed E-state index contributed by atoms with van der Waals surface area (Å²) in [6, 6.07) is 25.7. The highest BCUT2D eigenvalue weighted by Gasteiger charge is 2.35. The molecular formula is C35H36Cl3N3O4S. The third kappa shape index (κ3) is 8.82. The number of rotatable bonds is 13. The largest absolute Gasteiger partial charge is 0.352 e. The summed E-state index contributed by atoms with van der Waals surface area (Å²) in [5, 5.41) is 3.92. The molecule has 0 spiro atoms. The lowest BCUT2D eigenvalue weighted by atomic mass is 10.0. The number of benzene rings is 4. The van der Waals surface area contributed by atoms with Gasteiger partial charge in [-0.2, -0.15) is 0 Å². The summed E-state index contributed by atoms with van der Waals surface area (Å²) < 4.78 is 29.3. The number of sulfonamides is 1. The molecule has 2 atom stereocenters. The van der Waals surface area contributed by atoms with E-state index in [-0.39, 0.29) is 35.5 Å². The van der Waals surface area contributed by atoms with E-state index in [0.29, 0.717) is 27.1 Å². The molecule has 2 unspecified atom stereocenters. The van der Waals surface area contributed by atoms with Crippen molar-refractivity contribution in [2.45, 2.75) is 57.1 Å². The molecule has 46 heavy (non-hydrogen) atoms. The maximum Gasteiger partial charge on any atom is 0.264 e. The van der Waals surface area contributed by atoms with Crippen LogP contribution < -0.4 is 9.62 Å². The summed E-state index contributed by atoms with van der Waals surface area (Å²) in [5.74, 6) is -1.02. The summed E-state index contributed by atoms with van der Waals surface area (Å²) in [6.07, 6.45) is 0.838. The number of hydrogen-bond donors (Lipinski definition) is 1. The zero-order chi connectivity index (χ0) is 33.4. The smallest absolute Gasteiger partial charge is 0.264 e. The molecule has 0 fully saturated rings. The molecule has 11 heteroatoms. The minimum Gasteiger partial charge on any atom is -0.352 e. The van der Waals surface area contributed by atoms with E-state index in [9.17, 15) is 18.0 Å². The highest BCUT2D eigenvalue weighted by molar-refractivity contribution is 7.92. The van der Waals surface area contributed by atoms with Gasteiger partial charge in [0.15, 0.2) is 0 Å². The number of carbonyl (C=O) groups is 2. The van der Waals surface area contributed by atoms with Crippen molar-refractivity contribution in [3.63, 3.8) is 0 Å². The van der Waals surface area contributed by atoms with Crippen LogP contribution in [0.3, 0.4) is 0 Å². The van der Waals surface area contributed by atoms with Gasteiger partial charge in [0.2, 0.25) is 11.8 Å². The Morgan fingerprint density at radius 2 is 1.48 bits per heavy atom. The highest BCUT2D eigenvalue weighted by Crippen LogP contribution is 2.30. The molecule has 0 saturated carbocycles. The van der Waals surface area contributed by atoms with Gasteiger partial charge in [-0.05, 0) is 68.3 Å². The molecule has 0 aliphatic heterocycles. The van der Waals surface area contributed by atoms with Crippen molar-refractivity contribution in [3.05, 3.63) is 129 Å². The third-order valence-electron chi connectivity index (χ3n) is 7.65. The van der Waals surface area contributed by atoms with Crippen molar-refractivity contribution in [1.29, 1.82) is 0 Å². The van der Waals surface area contributed by atoms with Gasteiger partial charge in [0.25, 0.3) is 10.0 Å². The SMILES string of the molecule is CCC(C)NC(=O)C(Cc1ccccc1)N(Cc1c(Cl)cccc1Cl)C(=O)CN(c1cccc(Cl)c1)S(=O)(=O)c1ccc(C)cc1. The molecule has 1 N–H and O–H groups in total. The van der Waals surface area contributed by atoms with Gasteiger partial charge in [-0.3, -0.25) is 13.9 Å². The molecule has 0 aliphatic rings. The summed E-state index contributed by atoms with van der Waals surface area (Å²) in [7, 11) is -4.26. The lowest BCUT2D eigenvalue weighted by Gasteiger charge is -2.34. The van der Waals surface area contributed by atoms with Crippen LogP contribution in [0.5, 0.6) is 0 Å². The monoisotopic (exact) mass is 699 g/mol. The molecule has 0 radical (unpaired) electrons. The number of anilines is 1. The Kier molecular flexibility index (Phi) is 12.1. The van der Waals surface area contributed by atoms with Crippen LogP contribution in [0, 0.1) is 6.92 Å². The highest BCUT2D eigenvalue weighted by atomic mass is 35.5. The molecule has 0 aromatic heterocycles. The molecule has 4 rings (SSSR count). The van der Waals surface area contributed by atoms with Gasteiger partial charge in [0, 0.05) is 39.6 Å². The van der Waals surface area contributed by atoms with Crippen LogP contribution in [0.1, 0.15) is 37.0 Å². The fourth-order valence-electron chi connectivity index (χ4n) is 4.85. The molecule has 2 amide bonds. The van der Waals surface area contributed by atoms with E-state index in [0.717, 1.165) is 15.4 Å². The quantitative estimate of drug-likeness (QED) is 0.155. The number of aryl methyl sites for hydroxylation is 1. The van der Waals surface area contributed by atoms with Gasteiger partial charge >= 0.3 is 0 Å². The molecule has 4 aromatic rings. The van der Waals surface area contributed by atoms with Crippen LogP contribution in [-0.2, 0) is 32.6 Å². The Hall–Kier alpha value is -3.56. The molecule has 4 aromatic carbocycles. The van der Waals surface area contributed by atoms with Crippen LogP contribution in [0.2, 0.25) is 15.1 Å². The molecular weight excluding hydrogens is 665 g/mol. The van der Waals surface area contributed by atoms with Crippen LogP contribution in [-0.4, -0.2) is 43.8 Å². The Balaban J connectivity index is 1.84. The first-order valence-corrected chi connectivity index (χ1v) is 17.4.